The van der Waals surface area contributed by atoms with Crippen molar-refractivity contribution in [3.05, 3.63) is 107 Å². The molecule has 5 rings (SSSR count). The van der Waals surface area contributed by atoms with Crippen LogP contribution in [-0.4, -0.2) is 34.4 Å². The number of hydrogen-bond acceptors (Lipinski definition) is 2. The van der Waals surface area contributed by atoms with E-state index >= 15 is 0 Å². The Kier molecular flexibility index (Phi) is 6.50. The van der Waals surface area contributed by atoms with Crippen molar-refractivity contribution in [1.29, 1.82) is 0 Å². The standard InChI is InChI=1S/C30H33N3O/c1-21-14-22(2)16-25(15-21)30(34)33-13-12-26(19-28(33)17-23-8-4-3-5-9-23)31-20-27-18-24-10-6-7-11-29(24)32-27/h3-11,14-16,18,26,28,31-32H,12-13,17,19-20H2,1-2H3/t26-,28+/m0/s1. The SMILES string of the molecule is Cc1cc(C)cc(C(=O)N2CC[C@H](NCc3cc4ccccc4[nH]3)C[C@H]2Cc2ccccc2)c1. The van der Waals surface area contributed by atoms with Crippen LogP contribution >= 0.6 is 0 Å². The Morgan fingerprint density at radius 3 is 2.47 bits per heavy atom. The smallest absolute Gasteiger partial charge is 0.254 e. The second-order valence-corrected chi connectivity index (χ2v) is 9.70. The minimum absolute atomic E-state index is 0.154. The van der Waals surface area contributed by atoms with Crippen LogP contribution in [0, 0.1) is 13.8 Å². The Bertz CT molecular complexity index is 1220. The number of hydrogen-bond donors (Lipinski definition) is 2. The van der Waals surface area contributed by atoms with Crippen molar-refractivity contribution in [3.63, 3.8) is 0 Å². The number of nitrogens with one attached hydrogen (secondary N) is 2. The number of aromatic nitrogens is 1. The number of fused-ring (bicyclic) bond motifs is 1. The van der Waals surface area contributed by atoms with Crippen LogP contribution in [-0.2, 0) is 13.0 Å². The maximum atomic E-state index is 13.6. The quantitative estimate of drug-likeness (QED) is 0.390. The molecule has 0 spiro atoms. The first-order valence-corrected chi connectivity index (χ1v) is 12.3. The largest absolute Gasteiger partial charge is 0.357 e. The Morgan fingerprint density at radius 1 is 0.971 bits per heavy atom. The molecule has 1 aliphatic heterocycles. The number of likely N-dealkylation sites (tertiary alicyclic amines) is 1. The predicted molar refractivity (Wildman–Crippen MR) is 139 cm³/mol. The molecule has 1 aliphatic rings. The zero-order valence-electron chi connectivity index (χ0n) is 20.1. The number of carbonyl (C=O) groups excluding carboxylic acids is 1. The van der Waals surface area contributed by atoms with Crippen molar-refractivity contribution in [2.45, 2.75) is 51.7 Å². The molecule has 2 N–H and O–H groups in total. The minimum Gasteiger partial charge on any atom is -0.357 e. The van der Waals surface area contributed by atoms with Gasteiger partial charge in [-0.3, -0.25) is 4.79 Å². The van der Waals surface area contributed by atoms with E-state index in [4.69, 9.17) is 0 Å². The summed E-state index contributed by atoms with van der Waals surface area (Å²) in [5.41, 5.74) is 6.74. The first-order chi connectivity index (χ1) is 16.5. The lowest BCUT2D eigenvalue weighted by Gasteiger charge is -2.40. The molecular formula is C30H33N3O. The van der Waals surface area contributed by atoms with Crippen LogP contribution < -0.4 is 5.32 Å². The number of carbonyl (C=O) groups is 1. The van der Waals surface area contributed by atoms with Gasteiger partial charge >= 0.3 is 0 Å². The van der Waals surface area contributed by atoms with Crippen LogP contribution in [0.4, 0.5) is 0 Å². The van der Waals surface area contributed by atoms with Crippen molar-refractivity contribution >= 4 is 16.8 Å². The number of nitrogens with zero attached hydrogens (tertiary/aromatic N) is 1. The van der Waals surface area contributed by atoms with Crippen molar-refractivity contribution in [2.75, 3.05) is 6.54 Å². The summed E-state index contributed by atoms with van der Waals surface area (Å²) in [5, 5.41) is 5.01. The molecule has 4 heteroatoms. The summed E-state index contributed by atoms with van der Waals surface area (Å²) in [4.78, 5) is 19.2. The first-order valence-electron chi connectivity index (χ1n) is 12.3. The van der Waals surface area contributed by atoms with E-state index in [1.54, 1.807) is 0 Å². The first kappa shape index (κ1) is 22.4. The normalized spacial score (nSPS) is 18.4. The zero-order chi connectivity index (χ0) is 23.5. The molecule has 4 aromatic rings. The van der Waals surface area contributed by atoms with Crippen LogP contribution in [0.2, 0.25) is 0 Å². The maximum Gasteiger partial charge on any atom is 0.254 e. The number of benzene rings is 3. The lowest BCUT2D eigenvalue weighted by Crippen LogP contribution is -2.51. The van der Waals surface area contributed by atoms with Crippen LogP contribution in [0.3, 0.4) is 0 Å². The van der Waals surface area contributed by atoms with Crippen molar-refractivity contribution in [3.8, 4) is 0 Å². The van der Waals surface area contributed by atoms with Crippen LogP contribution in [0.5, 0.6) is 0 Å². The number of H-pyrrole nitrogens is 1. The molecule has 1 saturated heterocycles. The number of amides is 1. The van der Waals surface area contributed by atoms with Gasteiger partial charge in [-0.25, -0.2) is 0 Å². The number of aromatic amines is 1. The minimum atomic E-state index is 0.154. The third-order valence-electron chi connectivity index (χ3n) is 6.93. The van der Waals surface area contributed by atoms with E-state index in [2.05, 4.69) is 89.7 Å². The molecular weight excluding hydrogens is 418 g/mol. The van der Waals surface area contributed by atoms with E-state index in [9.17, 15) is 4.79 Å². The molecule has 1 aromatic heterocycles. The van der Waals surface area contributed by atoms with Crippen molar-refractivity contribution < 1.29 is 4.79 Å². The van der Waals surface area contributed by atoms with Gasteiger partial charge in [0.1, 0.15) is 0 Å². The summed E-state index contributed by atoms with van der Waals surface area (Å²) in [6.45, 7) is 5.70. The van der Waals surface area contributed by atoms with Gasteiger partial charge in [0.2, 0.25) is 0 Å². The molecule has 3 aromatic carbocycles. The lowest BCUT2D eigenvalue weighted by atomic mass is 9.91. The maximum absolute atomic E-state index is 13.6. The molecule has 174 valence electrons. The van der Waals surface area contributed by atoms with Gasteiger partial charge < -0.3 is 15.2 Å². The average molecular weight is 452 g/mol. The van der Waals surface area contributed by atoms with E-state index < -0.39 is 0 Å². The Balaban J connectivity index is 1.32. The molecule has 1 fully saturated rings. The molecule has 0 unspecified atom stereocenters. The highest BCUT2D eigenvalue weighted by Gasteiger charge is 2.32. The molecule has 1 amide bonds. The van der Waals surface area contributed by atoms with E-state index in [0.717, 1.165) is 49.0 Å². The topological polar surface area (TPSA) is 48.1 Å². The highest BCUT2D eigenvalue weighted by atomic mass is 16.2. The summed E-state index contributed by atoms with van der Waals surface area (Å²) in [5.74, 6) is 0.154. The van der Waals surface area contributed by atoms with E-state index in [-0.39, 0.29) is 11.9 Å². The number of rotatable bonds is 6. The average Bonchev–Trinajstić information content (AvgIpc) is 3.26. The zero-order valence-corrected chi connectivity index (χ0v) is 20.1. The van der Waals surface area contributed by atoms with Crippen LogP contribution in [0.15, 0.2) is 78.9 Å². The highest BCUT2D eigenvalue weighted by Crippen LogP contribution is 2.25. The van der Waals surface area contributed by atoms with Gasteiger partial charge in [-0.15, -0.1) is 0 Å². The summed E-state index contributed by atoms with van der Waals surface area (Å²) >= 11 is 0. The molecule has 2 atom stereocenters. The Hall–Kier alpha value is -3.37. The molecule has 0 saturated carbocycles. The van der Waals surface area contributed by atoms with Gasteiger partial charge in [-0.1, -0.05) is 65.7 Å². The predicted octanol–water partition coefficient (Wildman–Crippen LogP) is 5.79. The Morgan fingerprint density at radius 2 is 1.71 bits per heavy atom. The molecule has 0 bridgehead atoms. The molecule has 0 aliphatic carbocycles. The number of para-hydroxylation sites is 1. The van der Waals surface area contributed by atoms with Crippen molar-refractivity contribution in [2.24, 2.45) is 0 Å². The summed E-state index contributed by atoms with van der Waals surface area (Å²) < 4.78 is 0. The third-order valence-corrected chi connectivity index (χ3v) is 6.93. The van der Waals surface area contributed by atoms with E-state index in [1.807, 2.05) is 18.2 Å². The second kappa shape index (κ2) is 9.86. The van der Waals surface area contributed by atoms with E-state index in [0.29, 0.717) is 6.04 Å². The van der Waals surface area contributed by atoms with Gasteiger partial charge in [0.15, 0.2) is 0 Å². The monoisotopic (exact) mass is 451 g/mol. The second-order valence-electron chi connectivity index (χ2n) is 9.70. The summed E-state index contributed by atoms with van der Waals surface area (Å²) in [6, 6.07) is 27.9. The molecule has 2 heterocycles. The third kappa shape index (κ3) is 5.07. The van der Waals surface area contributed by atoms with Crippen molar-refractivity contribution in [1.82, 2.24) is 15.2 Å². The fraction of sp³-hybridized carbons (Fsp3) is 0.300. The molecule has 4 nitrogen and oxygen atoms in total. The van der Waals surface area contributed by atoms with E-state index in [1.165, 1.54) is 22.2 Å². The number of piperidine rings is 1. The molecule has 34 heavy (non-hydrogen) atoms. The molecule has 0 radical (unpaired) electrons. The Labute approximate surface area is 202 Å². The summed E-state index contributed by atoms with van der Waals surface area (Å²) in [6.07, 6.45) is 2.79. The van der Waals surface area contributed by atoms with Crippen LogP contribution in [0.25, 0.3) is 10.9 Å². The van der Waals surface area contributed by atoms with Gasteiger partial charge in [0.05, 0.1) is 0 Å². The lowest BCUT2D eigenvalue weighted by molar-refractivity contribution is 0.0576. The summed E-state index contributed by atoms with van der Waals surface area (Å²) in [7, 11) is 0. The van der Waals surface area contributed by atoms with Gasteiger partial charge in [-0.05, 0) is 68.3 Å². The van der Waals surface area contributed by atoms with Gasteiger partial charge in [0, 0.05) is 41.9 Å². The highest BCUT2D eigenvalue weighted by molar-refractivity contribution is 5.95. The fourth-order valence-electron chi connectivity index (χ4n) is 5.33. The van der Waals surface area contributed by atoms with Gasteiger partial charge in [-0.2, -0.15) is 0 Å². The fourth-order valence-corrected chi connectivity index (χ4v) is 5.33. The number of aryl methyl sites for hydroxylation is 2. The van der Waals surface area contributed by atoms with Gasteiger partial charge in [0.25, 0.3) is 5.91 Å². The van der Waals surface area contributed by atoms with Crippen LogP contribution in [0.1, 0.15) is 45.6 Å².